The molecule has 33 heavy (non-hydrogen) atoms. The molecule has 1 fully saturated rings. The fraction of sp³-hybridized carbons (Fsp3) is 0.375. The maximum absolute atomic E-state index is 12.2. The second kappa shape index (κ2) is 11.9. The van der Waals surface area contributed by atoms with Gasteiger partial charge in [-0.3, -0.25) is 4.79 Å². The van der Waals surface area contributed by atoms with Crippen molar-refractivity contribution in [1.29, 1.82) is 0 Å². The van der Waals surface area contributed by atoms with E-state index in [-0.39, 0.29) is 18.7 Å². The summed E-state index contributed by atoms with van der Waals surface area (Å²) >= 11 is 0. The molecular formula is C24H30N4O5. The molecule has 1 saturated heterocycles. The number of carbonyl (C=O) groups is 3. The number of morpholine rings is 1. The van der Waals surface area contributed by atoms with Crippen LogP contribution in [-0.2, 0) is 20.8 Å². The topological polar surface area (TPSA) is 109 Å². The highest BCUT2D eigenvalue weighted by atomic mass is 16.5. The fourth-order valence-corrected chi connectivity index (χ4v) is 3.24. The van der Waals surface area contributed by atoms with Crippen molar-refractivity contribution in [1.82, 2.24) is 10.6 Å². The van der Waals surface area contributed by atoms with E-state index in [1.54, 1.807) is 24.3 Å². The molecule has 0 atom stereocenters. The van der Waals surface area contributed by atoms with E-state index >= 15 is 0 Å². The third-order valence-electron chi connectivity index (χ3n) is 4.92. The van der Waals surface area contributed by atoms with Crippen molar-refractivity contribution in [3.63, 3.8) is 0 Å². The number of esters is 1. The molecule has 0 spiro atoms. The summed E-state index contributed by atoms with van der Waals surface area (Å²) in [7, 11) is 0. The molecule has 1 aliphatic rings. The lowest BCUT2D eigenvalue weighted by Crippen LogP contribution is -2.39. The van der Waals surface area contributed by atoms with Crippen LogP contribution < -0.4 is 20.9 Å². The summed E-state index contributed by atoms with van der Waals surface area (Å²) in [6.07, 6.45) is 0. The van der Waals surface area contributed by atoms with E-state index in [0.29, 0.717) is 31.0 Å². The number of nitrogens with zero attached hydrogens (tertiary/aromatic N) is 1. The molecule has 2 aromatic rings. The SMILES string of the molecule is CC(C)NC(=O)NCc1ccc(C(=O)OCC(=O)Nc2ccc(N3CCOCC3)cc2)cc1. The van der Waals surface area contributed by atoms with Crippen LogP contribution in [0.25, 0.3) is 0 Å². The molecule has 0 aromatic heterocycles. The normalized spacial score (nSPS) is 13.4. The lowest BCUT2D eigenvalue weighted by Gasteiger charge is -2.28. The number of anilines is 2. The lowest BCUT2D eigenvalue weighted by atomic mass is 10.1. The van der Waals surface area contributed by atoms with E-state index in [2.05, 4.69) is 20.9 Å². The molecule has 0 radical (unpaired) electrons. The van der Waals surface area contributed by atoms with Crippen molar-refractivity contribution in [3.05, 3.63) is 59.7 Å². The Kier molecular flexibility index (Phi) is 8.65. The first kappa shape index (κ1) is 24.1. The summed E-state index contributed by atoms with van der Waals surface area (Å²) in [6, 6.07) is 14.0. The Morgan fingerprint density at radius 2 is 1.67 bits per heavy atom. The molecule has 1 heterocycles. The summed E-state index contributed by atoms with van der Waals surface area (Å²) in [5.41, 5.74) is 2.87. The third-order valence-corrected chi connectivity index (χ3v) is 4.92. The Morgan fingerprint density at radius 1 is 1.00 bits per heavy atom. The van der Waals surface area contributed by atoms with Crippen molar-refractivity contribution >= 4 is 29.3 Å². The van der Waals surface area contributed by atoms with Crippen molar-refractivity contribution in [2.24, 2.45) is 0 Å². The summed E-state index contributed by atoms with van der Waals surface area (Å²) in [5.74, 6) is -1.01. The molecule has 9 nitrogen and oxygen atoms in total. The Labute approximate surface area is 193 Å². The minimum atomic E-state index is -0.593. The first-order chi connectivity index (χ1) is 15.9. The number of hydrogen-bond donors (Lipinski definition) is 3. The zero-order valence-corrected chi connectivity index (χ0v) is 18.9. The van der Waals surface area contributed by atoms with Gasteiger partial charge < -0.3 is 30.3 Å². The summed E-state index contributed by atoms with van der Waals surface area (Å²) < 4.78 is 10.5. The highest BCUT2D eigenvalue weighted by Crippen LogP contribution is 2.19. The van der Waals surface area contributed by atoms with E-state index in [1.807, 2.05) is 38.1 Å². The fourth-order valence-electron chi connectivity index (χ4n) is 3.24. The number of ether oxygens (including phenoxy) is 2. The largest absolute Gasteiger partial charge is 0.452 e. The molecule has 1 aliphatic heterocycles. The van der Waals surface area contributed by atoms with E-state index < -0.39 is 11.9 Å². The molecule has 0 aliphatic carbocycles. The van der Waals surface area contributed by atoms with E-state index in [0.717, 1.165) is 24.3 Å². The van der Waals surface area contributed by atoms with Crippen LogP contribution in [0.4, 0.5) is 16.2 Å². The number of hydrogen-bond acceptors (Lipinski definition) is 6. The van der Waals surface area contributed by atoms with Gasteiger partial charge in [-0.2, -0.15) is 0 Å². The third kappa shape index (κ3) is 7.80. The molecule has 0 unspecified atom stereocenters. The highest BCUT2D eigenvalue weighted by Gasteiger charge is 2.13. The number of rotatable bonds is 8. The van der Waals surface area contributed by atoms with Gasteiger partial charge in [-0.15, -0.1) is 0 Å². The van der Waals surface area contributed by atoms with Crippen LogP contribution in [0.2, 0.25) is 0 Å². The van der Waals surface area contributed by atoms with E-state index in [1.165, 1.54) is 0 Å². The number of urea groups is 1. The average molecular weight is 455 g/mol. The second-order valence-electron chi connectivity index (χ2n) is 7.95. The van der Waals surface area contributed by atoms with Crippen LogP contribution in [0, 0.1) is 0 Å². The van der Waals surface area contributed by atoms with Gasteiger partial charge in [0.25, 0.3) is 5.91 Å². The van der Waals surface area contributed by atoms with Crippen molar-refractivity contribution in [2.45, 2.75) is 26.4 Å². The van der Waals surface area contributed by atoms with E-state index in [4.69, 9.17) is 9.47 Å². The minimum absolute atomic E-state index is 0.0498. The predicted octanol–water partition coefficient (Wildman–Crippen LogP) is 2.53. The predicted molar refractivity (Wildman–Crippen MR) is 125 cm³/mol. The van der Waals surface area contributed by atoms with Gasteiger partial charge in [0.05, 0.1) is 18.8 Å². The quantitative estimate of drug-likeness (QED) is 0.529. The van der Waals surface area contributed by atoms with Gasteiger partial charge in [-0.05, 0) is 55.8 Å². The van der Waals surface area contributed by atoms with Crippen molar-refractivity contribution in [3.8, 4) is 0 Å². The Hall–Kier alpha value is -3.59. The molecular weight excluding hydrogens is 424 g/mol. The van der Waals surface area contributed by atoms with Gasteiger partial charge in [0, 0.05) is 37.1 Å². The lowest BCUT2D eigenvalue weighted by molar-refractivity contribution is -0.119. The molecule has 176 valence electrons. The minimum Gasteiger partial charge on any atom is -0.452 e. The first-order valence-corrected chi connectivity index (χ1v) is 10.9. The smallest absolute Gasteiger partial charge is 0.338 e. The number of benzene rings is 2. The van der Waals surface area contributed by atoms with Crippen LogP contribution in [0.5, 0.6) is 0 Å². The Balaban J connectivity index is 1.41. The maximum Gasteiger partial charge on any atom is 0.338 e. The highest BCUT2D eigenvalue weighted by molar-refractivity contribution is 5.95. The average Bonchev–Trinajstić information content (AvgIpc) is 2.82. The van der Waals surface area contributed by atoms with Gasteiger partial charge in [-0.1, -0.05) is 12.1 Å². The number of carbonyl (C=O) groups excluding carboxylic acids is 3. The van der Waals surface area contributed by atoms with Gasteiger partial charge in [-0.25, -0.2) is 9.59 Å². The number of amides is 3. The standard InChI is InChI=1S/C24H30N4O5/c1-17(2)26-24(31)25-15-18-3-5-19(6-4-18)23(30)33-16-22(29)27-20-7-9-21(10-8-20)28-11-13-32-14-12-28/h3-10,17H,11-16H2,1-2H3,(H,27,29)(H2,25,26,31). The van der Waals surface area contributed by atoms with Gasteiger partial charge in [0.1, 0.15) is 0 Å². The molecule has 3 rings (SSSR count). The summed E-state index contributed by atoms with van der Waals surface area (Å²) in [5, 5.41) is 8.20. The first-order valence-electron chi connectivity index (χ1n) is 10.9. The molecule has 0 saturated carbocycles. The second-order valence-corrected chi connectivity index (χ2v) is 7.95. The maximum atomic E-state index is 12.2. The van der Waals surface area contributed by atoms with E-state index in [9.17, 15) is 14.4 Å². The van der Waals surface area contributed by atoms with Gasteiger partial charge in [0.15, 0.2) is 6.61 Å². The van der Waals surface area contributed by atoms with Crippen molar-refractivity contribution < 1.29 is 23.9 Å². The van der Waals surface area contributed by atoms with Crippen LogP contribution in [-0.4, -0.2) is 56.9 Å². The molecule has 9 heteroatoms. The molecule has 0 bridgehead atoms. The Bertz CT molecular complexity index is 938. The number of nitrogens with one attached hydrogen (secondary N) is 3. The Morgan fingerprint density at radius 3 is 2.30 bits per heavy atom. The monoisotopic (exact) mass is 454 g/mol. The van der Waals surface area contributed by atoms with Crippen LogP contribution in [0.3, 0.4) is 0 Å². The molecule has 2 aromatic carbocycles. The van der Waals surface area contributed by atoms with Gasteiger partial charge >= 0.3 is 12.0 Å². The van der Waals surface area contributed by atoms with Crippen LogP contribution >= 0.6 is 0 Å². The molecule has 3 N–H and O–H groups in total. The summed E-state index contributed by atoms with van der Waals surface area (Å²) in [6.45, 7) is 6.80. The zero-order valence-electron chi connectivity index (χ0n) is 18.9. The molecule has 3 amide bonds. The zero-order chi connectivity index (χ0) is 23.6. The van der Waals surface area contributed by atoms with Crippen LogP contribution in [0.15, 0.2) is 48.5 Å². The summed E-state index contributed by atoms with van der Waals surface area (Å²) in [4.78, 5) is 38.2. The van der Waals surface area contributed by atoms with Crippen molar-refractivity contribution in [2.75, 3.05) is 43.1 Å². The van der Waals surface area contributed by atoms with Gasteiger partial charge in [0.2, 0.25) is 0 Å². The van der Waals surface area contributed by atoms with Crippen LogP contribution in [0.1, 0.15) is 29.8 Å².